The van der Waals surface area contributed by atoms with Gasteiger partial charge in [-0.05, 0) is 54.4 Å². The third-order valence-electron chi connectivity index (χ3n) is 5.30. The van der Waals surface area contributed by atoms with E-state index in [0.29, 0.717) is 13.1 Å². The van der Waals surface area contributed by atoms with E-state index in [4.69, 9.17) is 0 Å². The first kappa shape index (κ1) is 23.6. The van der Waals surface area contributed by atoms with Crippen molar-refractivity contribution >= 4 is 5.91 Å². The van der Waals surface area contributed by atoms with Gasteiger partial charge in [-0.1, -0.05) is 38.0 Å². The number of rotatable bonds is 9. The highest BCUT2D eigenvalue weighted by atomic mass is 19.4. The van der Waals surface area contributed by atoms with Gasteiger partial charge in [0.1, 0.15) is 5.82 Å². The van der Waals surface area contributed by atoms with Crippen LogP contribution < -0.4 is 0 Å². The van der Waals surface area contributed by atoms with Crippen LogP contribution in [-0.4, -0.2) is 21.9 Å². The molecule has 0 N–H and O–H groups in total. The highest BCUT2D eigenvalue weighted by Crippen LogP contribution is 2.30. The molecule has 2 aromatic carbocycles. The van der Waals surface area contributed by atoms with E-state index < -0.39 is 17.6 Å². The number of carbonyl (C=O) groups is 1. The molecule has 3 rings (SSSR count). The molecule has 32 heavy (non-hydrogen) atoms. The van der Waals surface area contributed by atoms with E-state index in [9.17, 15) is 22.4 Å². The van der Waals surface area contributed by atoms with Crippen molar-refractivity contribution in [3.63, 3.8) is 0 Å². The zero-order valence-electron chi connectivity index (χ0n) is 17.9. The molecule has 170 valence electrons. The van der Waals surface area contributed by atoms with E-state index in [1.165, 1.54) is 24.3 Å². The second kappa shape index (κ2) is 10.5. The van der Waals surface area contributed by atoms with Crippen molar-refractivity contribution < 1.29 is 22.4 Å². The minimum Gasteiger partial charge on any atom is -0.345 e. The number of carbonyl (C=O) groups excluding carboxylic acids is 1. The van der Waals surface area contributed by atoms with Crippen molar-refractivity contribution in [1.29, 1.82) is 0 Å². The Morgan fingerprint density at radius 3 is 2.44 bits per heavy atom. The lowest BCUT2D eigenvalue weighted by Crippen LogP contribution is -2.32. The maximum Gasteiger partial charge on any atom is 0.416 e. The molecule has 0 atom stereocenters. The molecule has 0 spiro atoms. The molecule has 7 heteroatoms. The largest absolute Gasteiger partial charge is 0.416 e. The number of hydrogen-bond acceptors (Lipinski definition) is 1. The van der Waals surface area contributed by atoms with Gasteiger partial charge in [-0.3, -0.25) is 4.79 Å². The fourth-order valence-corrected chi connectivity index (χ4v) is 3.55. The van der Waals surface area contributed by atoms with Crippen LogP contribution in [0.5, 0.6) is 0 Å². The molecular formula is C25H26F4N2O. The van der Waals surface area contributed by atoms with E-state index in [1.54, 1.807) is 17.0 Å². The van der Waals surface area contributed by atoms with Gasteiger partial charge >= 0.3 is 6.18 Å². The molecule has 1 aromatic heterocycles. The summed E-state index contributed by atoms with van der Waals surface area (Å²) in [6, 6.07) is 14.5. The fraction of sp³-hybridized carbons (Fsp3) is 0.320. The number of benzene rings is 2. The third kappa shape index (κ3) is 6.22. The van der Waals surface area contributed by atoms with E-state index in [1.807, 2.05) is 29.8 Å². The number of nitrogens with zero attached hydrogens (tertiary/aromatic N) is 2. The third-order valence-corrected chi connectivity index (χ3v) is 5.30. The Morgan fingerprint density at radius 2 is 1.75 bits per heavy atom. The van der Waals surface area contributed by atoms with E-state index in [0.717, 1.165) is 42.7 Å². The standard InChI is InChI=1S/C25H26F4N2O/c1-2-3-4-14-31(24(32)20-7-5-8-21(16-20)25(27,28)29)18-23-9-6-15-30(23)17-19-10-12-22(26)13-11-19/h5-13,15-16H,2-4,14,17-18H2,1H3. The summed E-state index contributed by atoms with van der Waals surface area (Å²) in [6.45, 7) is 3.27. The summed E-state index contributed by atoms with van der Waals surface area (Å²) in [5.74, 6) is -0.739. The highest BCUT2D eigenvalue weighted by molar-refractivity contribution is 5.94. The number of hydrogen-bond donors (Lipinski definition) is 0. The maximum absolute atomic E-state index is 13.2. The molecule has 3 nitrogen and oxygen atoms in total. The summed E-state index contributed by atoms with van der Waals surface area (Å²) in [7, 11) is 0. The van der Waals surface area contributed by atoms with E-state index >= 15 is 0 Å². The van der Waals surface area contributed by atoms with Crippen molar-refractivity contribution in [2.45, 2.75) is 45.5 Å². The summed E-state index contributed by atoms with van der Waals surface area (Å²) < 4.78 is 54.5. The van der Waals surface area contributed by atoms with E-state index in [-0.39, 0.29) is 17.9 Å². The zero-order chi connectivity index (χ0) is 23.1. The lowest BCUT2D eigenvalue weighted by molar-refractivity contribution is -0.137. The molecule has 0 aliphatic heterocycles. The summed E-state index contributed by atoms with van der Waals surface area (Å²) in [6.07, 6.45) is 0.0141. The van der Waals surface area contributed by atoms with Crippen molar-refractivity contribution in [2.75, 3.05) is 6.54 Å². The lowest BCUT2D eigenvalue weighted by atomic mass is 10.1. The molecule has 0 aliphatic rings. The summed E-state index contributed by atoms with van der Waals surface area (Å²) in [5, 5.41) is 0. The molecule has 3 aromatic rings. The van der Waals surface area contributed by atoms with Crippen molar-refractivity contribution in [1.82, 2.24) is 9.47 Å². The molecule has 0 saturated heterocycles. The average Bonchev–Trinajstić information content (AvgIpc) is 3.20. The van der Waals surface area contributed by atoms with Crippen molar-refractivity contribution in [3.8, 4) is 0 Å². The normalized spacial score (nSPS) is 11.5. The molecule has 0 bridgehead atoms. The quantitative estimate of drug-likeness (QED) is 0.271. The molecule has 0 aliphatic carbocycles. The first-order valence-corrected chi connectivity index (χ1v) is 10.6. The summed E-state index contributed by atoms with van der Waals surface area (Å²) >= 11 is 0. The van der Waals surface area contributed by atoms with Crippen LogP contribution in [0.3, 0.4) is 0 Å². The Kier molecular flexibility index (Phi) is 7.72. The van der Waals surface area contributed by atoms with Gasteiger partial charge in [0.05, 0.1) is 12.1 Å². The Morgan fingerprint density at radius 1 is 1.00 bits per heavy atom. The number of aromatic nitrogens is 1. The molecule has 0 radical (unpaired) electrons. The van der Waals surface area contributed by atoms with Crippen LogP contribution in [0.4, 0.5) is 17.6 Å². The second-order valence-corrected chi connectivity index (χ2v) is 7.77. The van der Waals surface area contributed by atoms with Gasteiger partial charge in [0.2, 0.25) is 0 Å². The van der Waals surface area contributed by atoms with Gasteiger partial charge in [-0.2, -0.15) is 13.2 Å². The van der Waals surface area contributed by atoms with Crippen LogP contribution in [0.25, 0.3) is 0 Å². The van der Waals surface area contributed by atoms with E-state index in [2.05, 4.69) is 0 Å². The Bertz CT molecular complexity index is 1020. The molecule has 0 fully saturated rings. The van der Waals surface area contributed by atoms with Crippen LogP contribution >= 0.6 is 0 Å². The minimum atomic E-state index is -4.51. The fourth-order valence-electron chi connectivity index (χ4n) is 3.55. The molecular weight excluding hydrogens is 420 g/mol. The zero-order valence-corrected chi connectivity index (χ0v) is 17.9. The lowest BCUT2D eigenvalue weighted by Gasteiger charge is -2.24. The monoisotopic (exact) mass is 446 g/mol. The van der Waals surface area contributed by atoms with Crippen LogP contribution in [0.2, 0.25) is 0 Å². The minimum absolute atomic E-state index is 0.0213. The van der Waals surface area contributed by atoms with Crippen LogP contribution in [0.1, 0.15) is 53.4 Å². The van der Waals surface area contributed by atoms with Crippen LogP contribution in [0.15, 0.2) is 66.9 Å². The number of amides is 1. The summed E-state index contributed by atoms with van der Waals surface area (Å²) in [4.78, 5) is 14.8. The van der Waals surface area contributed by atoms with Gasteiger partial charge in [0, 0.05) is 30.5 Å². The smallest absolute Gasteiger partial charge is 0.345 e. The van der Waals surface area contributed by atoms with Gasteiger partial charge < -0.3 is 9.47 Å². The Balaban J connectivity index is 1.82. The topological polar surface area (TPSA) is 25.2 Å². The highest BCUT2D eigenvalue weighted by Gasteiger charge is 2.31. The predicted octanol–water partition coefficient (Wildman–Crippen LogP) is 6.53. The number of alkyl halides is 3. The van der Waals surface area contributed by atoms with Gasteiger partial charge in [0.15, 0.2) is 0 Å². The first-order valence-electron chi connectivity index (χ1n) is 10.6. The van der Waals surface area contributed by atoms with Gasteiger partial charge in [-0.15, -0.1) is 0 Å². The maximum atomic E-state index is 13.2. The number of halogens is 4. The van der Waals surface area contributed by atoms with Crippen LogP contribution in [0, 0.1) is 5.82 Å². The molecule has 1 amide bonds. The Hall–Kier alpha value is -3.09. The van der Waals surface area contributed by atoms with Gasteiger partial charge in [-0.25, -0.2) is 4.39 Å². The SMILES string of the molecule is CCCCCN(Cc1cccn1Cc1ccc(F)cc1)C(=O)c1cccc(C(F)(F)F)c1. The van der Waals surface area contributed by atoms with Crippen molar-refractivity contribution in [2.24, 2.45) is 0 Å². The Labute approximate surface area is 185 Å². The average molecular weight is 446 g/mol. The van der Waals surface area contributed by atoms with Crippen LogP contribution in [-0.2, 0) is 19.3 Å². The van der Waals surface area contributed by atoms with Crippen molar-refractivity contribution in [3.05, 3.63) is 95.1 Å². The number of unbranched alkanes of at least 4 members (excludes halogenated alkanes) is 2. The molecule has 1 heterocycles. The van der Waals surface area contributed by atoms with Gasteiger partial charge in [0.25, 0.3) is 5.91 Å². The molecule has 0 unspecified atom stereocenters. The molecule has 0 saturated carbocycles. The second-order valence-electron chi connectivity index (χ2n) is 7.77. The predicted molar refractivity (Wildman–Crippen MR) is 116 cm³/mol. The summed E-state index contributed by atoms with van der Waals surface area (Å²) in [5.41, 5.74) is 0.946. The first-order chi connectivity index (χ1) is 15.3.